The van der Waals surface area contributed by atoms with E-state index in [1.54, 1.807) is 0 Å². The molecule has 0 aromatic rings. The van der Waals surface area contributed by atoms with Gasteiger partial charge in [0.2, 0.25) is 0 Å². The molecule has 0 amide bonds. The first-order chi connectivity index (χ1) is 6.70. The lowest BCUT2D eigenvalue weighted by molar-refractivity contribution is 0.223. The summed E-state index contributed by atoms with van der Waals surface area (Å²) in [5.41, 5.74) is 0. The molecule has 2 fully saturated rings. The van der Waals surface area contributed by atoms with E-state index in [0.29, 0.717) is 0 Å². The van der Waals surface area contributed by atoms with E-state index in [9.17, 15) is 0 Å². The van der Waals surface area contributed by atoms with Crippen LogP contribution in [0.3, 0.4) is 0 Å². The predicted octanol–water partition coefficient (Wildman–Crippen LogP) is 3.20. The van der Waals surface area contributed by atoms with Gasteiger partial charge < -0.3 is 5.32 Å². The van der Waals surface area contributed by atoms with Crippen molar-refractivity contribution in [2.45, 2.75) is 65.0 Å². The molecule has 2 saturated carbocycles. The highest BCUT2D eigenvalue weighted by Gasteiger charge is 2.37. The summed E-state index contributed by atoms with van der Waals surface area (Å²) in [5, 5.41) is 3.84. The number of rotatable bonds is 3. The van der Waals surface area contributed by atoms with Crippen LogP contribution in [-0.4, -0.2) is 12.1 Å². The number of hydrogen-bond acceptors (Lipinski definition) is 1. The fraction of sp³-hybridized carbons (Fsp3) is 1.00. The van der Waals surface area contributed by atoms with E-state index in [2.05, 4.69) is 26.1 Å². The van der Waals surface area contributed by atoms with Crippen LogP contribution < -0.4 is 5.32 Å². The van der Waals surface area contributed by atoms with Gasteiger partial charge in [0.1, 0.15) is 0 Å². The Morgan fingerprint density at radius 1 is 1.07 bits per heavy atom. The van der Waals surface area contributed by atoms with Crippen LogP contribution in [-0.2, 0) is 0 Å². The highest BCUT2D eigenvalue weighted by Crippen LogP contribution is 2.36. The standard InChI is InChI=1S/C13H25N/c1-4-11-8-13(11)14-12-6-5-9(2)10(3)7-12/h9-14H,4-8H2,1-3H3. The fourth-order valence-corrected chi connectivity index (χ4v) is 2.90. The molecule has 14 heavy (non-hydrogen) atoms. The van der Waals surface area contributed by atoms with E-state index in [1.165, 1.54) is 32.1 Å². The topological polar surface area (TPSA) is 12.0 Å². The Morgan fingerprint density at radius 3 is 2.43 bits per heavy atom. The number of hydrogen-bond donors (Lipinski definition) is 1. The summed E-state index contributed by atoms with van der Waals surface area (Å²) in [6.45, 7) is 7.15. The van der Waals surface area contributed by atoms with Gasteiger partial charge >= 0.3 is 0 Å². The minimum absolute atomic E-state index is 0.836. The zero-order valence-corrected chi connectivity index (χ0v) is 9.92. The second-order valence-corrected chi connectivity index (χ2v) is 5.64. The normalized spacial score (nSPS) is 47.8. The summed E-state index contributed by atoms with van der Waals surface area (Å²) in [6, 6.07) is 1.72. The highest BCUT2D eigenvalue weighted by molar-refractivity contribution is 4.95. The Labute approximate surface area is 88.7 Å². The molecule has 0 aromatic heterocycles. The Balaban J connectivity index is 1.72. The van der Waals surface area contributed by atoms with Crippen LogP contribution in [0.15, 0.2) is 0 Å². The van der Waals surface area contributed by atoms with Gasteiger partial charge in [0.25, 0.3) is 0 Å². The lowest BCUT2D eigenvalue weighted by Crippen LogP contribution is -2.38. The molecule has 5 unspecified atom stereocenters. The third kappa shape index (κ3) is 2.31. The molecule has 0 saturated heterocycles. The molecule has 1 heteroatoms. The maximum Gasteiger partial charge on any atom is 0.0102 e. The minimum atomic E-state index is 0.836. The molecule has 1 N–H and O–H groups in total. The van der Waals surface area contributed by atoms with Gasteiger partial charge in [-0.2, -0.15) is 0 Å². The van der Waals surface area contributed by atoms with E-state index < -0.39 is 0 Å². The molecule has 0 spiro atoms. The monoisotopic (exact) mass is 195 g/mol. The van der Waals surface area contributed by atoms with Crippen LogP contribution in [0, 0.1) is 17.8 Å². The van der Waals surface area contributed by atoms with Crippen LogP contribution in [0.25, 0.3) is 0 Å². The Bertz CT molecular complexity index is 190. The molecular formula is C13H25N. The minimum Gasteiger partial charge on any atom is -0.311 e. The van der Waals surface area contributed by atoms with Crippen molar-refractivity contribution >= 4 is 0 Å². The van der Waals surface area contributed by atoms with E-state index >= 15 is 0 Å². The third-order valence-corrected chi connectivity index (χ3v) is 4.49. The summed E-state index contributed by atoms with van der Waals surface area (Å²) in [6.07, 6.45) is 7.07. The summed E-state index contributed by atoms with van der Waals surface area (Å²) in [7, 11) is 0. The second-order valence-electron chi connectivity index (χ2n) is 5.64. The molecule has 2 rings (SSSR count). The highest BCUT2D eigenvalue weighted by atomic mass is 15.0. The van der Waals surface area contributed by atoms with Gasteiger partial charge in [0.15, 0.2) is 0 Å². The van der Waals surface area contributed by atoms with Gasteiger partial charge in [-0.05, 0) is 43.4 Å². The molecular weight excluding hydrogens is 170 g/mol. The fourth-order valence-electron chi connectivity index (χ4n) is 2.90. The second kappa shape index (κ2) is 4.22. The first kappa shape index (κ1) is 10.5. The van der Waals surface area contributed by atoms with Crippen molar-refractivity contribution in [3.05, 3.63) is 0 Å². The van der Waals surface area contributed by atoms with Crippen molar-refractivity contribution < 1.29 is 0 Å². The molecule has 1 nitrogen and oxygen atoms in total. The van der Waals surface area contributed by atoms with Gasteiger partial charge in [0.05, 0.1) is 0 Å². The molecule has 0 aliphatic heterocycles. The first-order valence-corrected chi connectivity index (χ1v) is 6.46. The SMILES string of the molecule is CCC1CC1NC1CCC(C)C(C)C1. The van der Waals surface area contributed by atoms with Gasteiger partial charge in [0, 0.05) is 12.1 Å². The molecule has 0 aromatic carbocycles. The molecule has 0 bridgehead atoms. The Hall–Kier alpha value is -0.0400. The van der Waals surface area contributed by atoms with Gasteiger partial charge in [-0.3, -0.25) is 0 Å². The van der Waals surface area contributed by atoms with Crippen LogP contribution in [0.5, 0.6) is 0 Å². The molecule has 2 aliphatic carbocycles. The first-order valence-electron chi connectivity index (χ1n) is 6.46. The molecule has 82 valence electrons. The van der Waals surface area contributed by atoms with E-state index in [1.807, 2.05) is 0 Å². The zero-order chi connectivity index (χ0) is 10.1. The van der Waals surface area contributed by atoms with Crippen molar-refractivity contribution in [2.24, 2.45) is 17.8 Å². The summed E-state index contributed by atoms with van der Waals surface area (Å²) < 4.78 is 0. The van der Waals surface area contributed by atoms with Crippen LogP contribution in [0.1, 0.15) is 52.9 Å². The van der Waals surface area contributed by atoms with Crippen LogP contribution in [0.2, 0.25) is 0 Å². The Kier molecular flexibility index (Phi) is 3.16. The quantitative estimate of drug-likeness (QED) is 0.729. The molecule has 5 atom stereocenters. The van der Waals surface area contributed by atoms with Gasteiger partial charge in [-0.1, -0.05) is 27.2 Å². The molecule has 2 aliphatic rings. The van der Waals surface area contributed by atoms with Crippen molar-refractivity contribution in [1.29, 1.82) is 0 Å². The molecule has 0 heterocycles. The van der Waals surface area contributed by atoms with Crippen molar-refractivity contribution in [3.63, 3.8) is 0 Å². The van der Waals surface area contributed by atoms with E-state index in [4.69, 9.17) is 0 Å². The van der Waals surface area contributed by atoms with E-state index in [-0.39, 0.29) is 0 Å². The smallest absolute Gasteiger partial charge is 0.0102 e. The summed E-state index contributed by atoms with van der Waals surface area (Å²) in [4.78, 5) is 0. The van der Waals surface area contributed by atoms with Crippen molar-refractivity contribution in [1.82, 2.24) is 5.32 Å². The predicted molar refractivity (Wildman–Crippen MR) is 61.3 cm³/mol. The maximum atomic E-state index is 3.84. The van der Waals surface area contributed by atoms with Crippen molar-refractivity contribution in [3.8, 4) is 0 Å². The average Bonchev–Trinajstić information content (AvgIpc) is 2.90. The number of nitrogens with one attached hydrogen (secondary N) is 1. The summed E-state index contributed by atoms with van der Waals surface area (Å²) >= 11 is 0. The van der Waals surface area contributed by atoms with Gasteiger partial charge in [-0.15, -0.1) is 0 Å². The molecule has 0 radical (unpaired) electrons. The van der Waals surface area contributed by atoms with E-state index in [0.717, 1.165) is 29.8 Å². The lowest BCUT2D eigenvalue weighted by atomic mass is 9.79. The van der Waals surface area contributed by atoms with Crippen LogP contribution in [0.4, 0.5) is 0 Å². The lowest BCUT2D eigenvalue weighted by Gasteiger charge is -2.32. The van der Waals surface area contributed by atoms with Crippen LogP contribution >= 0.6 is 0 Å². The summed E-state index contributed by atoms with van der Waals surface area (Å²) in [5.74, 6) is 2.89. The average molecular weight is 195 g/mol. The zero-order valence-electron chi connectivity index (χ0n) is 9.92. The maximum absolute atomic E-state index is 3.84. The van der Waals surface area contributed by atoms with Crippen molar-refractivity contribution in [2.75, 3.05) is 0 Å². The largest absolute Gasteiger partial charge is 0.311 e. The Morgan fingerprint density at radius 2 is 1.86 bits per heavy atom. The van der Waals surface area contributed by atoms with Gasteiger partial charge in [-0.25, -0.2) is 0 Å². The third-order valence-electron chi connectivity index (χ3n) is 4.49.